The summed E-state index contributed by atoms with van der Waals surface area (Å²) in [5.74, 6) is -1.74. The van der Waals surface area contributed by atoms with E-state index in [0.29, 0.717) is 6.42 Å². The van der Waals surface area contributed by atoms with Crippen molar-refractivity contribution in [1.82, 2.24) is 5.32 Å². The van der Waals surface area contributed by atoms with Gasteiger partial charge in [-0.2, -0.15) is 0 Å². The van der Waals surface area contributed by atoms with Gasteiger partial charge in [0.1, 0.15) is 6.04 Å². The van der Waals surface area contributed by atoms with E-state index in [1.54, 1.807) is 13.8 Å². The van der Waals surface area contributed by atoms with Crippen LogP contribution in [-0.4, -0.2) is 29.6 Å². The van der Waals surface area contributed by atoms with Gasteiger partial charge in [-0.25, -0.2) is 4.79 Å². The standard InChI is InChI=1S/C10H20N2O3/c1-4-6(2)8(10(14)15)12-9(13)7(3)5-11/h6-8H,4-5,11H2,1-3H3,(H,12,13)(H,14,15)/t6-,7?,8-/m0/s1. The molecule has 0 fully saturated rings. The quantitative estimate of drug-likeness (QED) is 0.591. The zero-order valence-electron chi connectivity index (χ0n) is 9.49. The minimum atomic E-state index is -0.998. The van der Waals surface area contributed by atoms with E-state index >= 15 is 0 Å². The average molecular weight is 216 g/mol. The van der Waals surface area contributed by atoms with Gasteiger partial charge in [-0.1, -0.05) is 27.2 Å². The molecule has 0 aromatic rings. The fourth-order valence-corrected chi connectivity index (χ4v) is 1.09. The Kier molecular flexibility index (Phi) is 5.93. The summed E-state index contributed by atoms with van der Waals surface area (Å²) in [5.41, 5.74) is 5.33. The summed E-state index contributed by atoms with van der Waals surface area (Å²) in [4.78, 5) is 22.4. The van der Waals surface area contributed by atoms with Gasteiger partial charge >= 0.3 is 5.97 Å². The van der Waals surface area contributed by atoms with Crippen molar-refractivity contribution < 1.29 is 14.7 Å². The summed E-state index contributed by atoms with van der Waals surface area (Å²) in [6.07, 6.45) is 0.703. The van der Waals surface area contributed by atoms with Crippen LogP contribution in [0.15, 0.2) is 0 Å². The summed E-state index contributed by atoms with van der Waals surface area (Å²) >= 11 is 0. The maximum absolute atomic E-state index is 11.5. The Hall–Kier alpha value is -1.10. The van der Waals surface area contributed by atoms with E-state index in [1.165, 1.54) is 0 Å². The van der Waals surface area contributed by atoms with Gasteiger partial charge in [-0.05, 0) is 5.92 Å². The van der Waals surface area contributed by atoms with Crippen LogP contribution in [0, 0.1) is 11.8 Å². The Balaban J connectivity index is 4.42. The molecular formula is C10H20N2O3. The van der Waals surface area contributed by atoms with Crippen LogP contribution in [0.1, 0.15) is 27.2 Å². The van der Waals surface area contributed by atoms with Gasteiger partial charge in [0.25, 0.3) is 0 Å². The number of carbonyl (C=O) groups excluding carboxylic acids is 1. The maximum atomic E-state index is 11.5. The lowest BCUT2D eigenvalue weighted by Crippen LogP contribution is -2.47. The number of nitrogens with one attached hydrogen (secondary N) is 1. The van der Waals surface area contributed by atoms with Crippen molar-refractivity contribution in [2.24, 2.45) is 17.6 Å². The first-order valence-corrected chi connectivity index (χ1v) is 5.17. The number of aliphatic carboxylic acids is 1. The third kappa shape index (κ3) is 4.29. The van der Waals surface area contributed by atoms with E-state index < -0.39 is 12.0 Å². The molecule has 0 heterocycles. The molecule has 0 saturated heterocycles. The Labute approximate surface area is 90.0 Å². The van der Waals surface area contributed by atoms with E-state index in [9.17, 15) is 9.59 Å². The minimum Gasteiger partial charge on any atom is -0.480 e. The number of hydrogen-bond acceptors (Lipinski definition) is 3. The van der Waals surface area contributed by atoms with Gasteiger partial charge in [0.15, 0.2) is 0 Å². The highest BCUT2D eigenvalue weighted by Gasteiger charge is 2.26. The van der Waals surface area contributed by atoms with Gasteiger partial charge < -0.3 is 16.2 Å². The van der Waals surface area contributed by atoms with Crippen LogP contribution < -0.4 is 11.1 Å². The third-order valence-electron chi connectivity index (χ3n) is 2.58. The predicted octanol–water partition coefficient (Wildman–Crippen LogP) is 0.197. The van der Waals surface area contributed by atoms with Crippen molar-refractivity contribution in [3.05, 3.63) is 0 Å². The smallest absolute Gasteiger partial charge is 0.326 e. The van der Waals surface area contributed by atoms with Crippen LogP contribution in [0.2, 0.25) is 0 Å². The number of carboxylic acids is 1. The first-order chi connectivity index (χ1) is 6.93. The molecule has 0 spiro atoms. The molecule has 0 aliphatic carbocycles. The highest BCUT2D eigenvalue weighted by atomic mass is 16.4. The van der Waals surface area contributed by atoms with Crippen molar-refractivity contribution in [2.45, 2.75) is 33.2 Å². The van der Waals surface area contributed by atoms with Gasteiger partial charge in [0.05, 0.1) is 0 Å². The van der Waals surface area contributed by atoms with Crippen molar-refractivity contribution in [2.75, 3.05) is 6.54 Å². The third-order valence-corrected chi connectivity index (χ3v) is 2.58. The normalized spacial score (nSPS) is 16.5. The van der Waals surface area contributed by atoms with E-state index in [2.05, 4.69) is 5.32 Å². The summed E-state index contributed by atoms with van der Waals surface area (Å²) in [6.45, 7) is 5.58. The van der Waals surface area contributed by atoms with Crippen LogP contribution in [0.5, 0.6) is 0 Å². The lowest BCUT2D eigenvalue weighted by Gasteiger charge is -2.21. The van der Waals surface area contributed by atoms with Gasteiger partial charge in [-0.15, -0.1) is 0 Å². The second-order valence-corrected chi connectivity index (χ2v) is 3.85. The molecule has 0 aromatic heterocycles. The molecule has 5 nitrogen and oxygen atoms in total. The van der Waals surface area contributed by atoms with Crippen LogP contribution in [0.25, 0.3) is 0 Å². The Morgan fingerprint density at radius 2 is 1.93 bits per heavy atom. The SMILES string of the molecule is CC[C@H](C)[C@H](NC(=O)C(C)CN)C(=O)O. The first-order valence-electron chi connectivity index (χ1n) is 5.17. The average Bonchev–Trinajstić information content (AvgIpc) is 2.22. The van der Waals surface area contributed by atoms with Crippen LogP contribution in [0.3, 0.4) is 0 Å². The molecule has 0 aromatic carbocycles. The van der Waals surface area contributed by atoms with Crippen molar-refractivity contribution in [3.63, 3.8) is 0 Å². The second-order valence-electron chi connectivity index (χ2n) is 3.85. The Morgan fingerprint density at radius 3 is 2.27 bits per heavy atom. The summed E-state index contributed by atoms with van der Waals surface area (Å²) in [5, 5.41) is 11.4. The summed E-state index contributed by atoms with van der Waals surface area (Å²) < 4.78 is 0. The zero-order valence-corrected chi connectivity index (χ0v) is 9.49. The van der Waals surface area contributed by atoms with Crippen LogP contribution >= 0.6 is 0 Å². The van der Waals surface area contributed by atoms with Crippen molar-refractivity contribution >= 4 is 11.9 Å². The van der Waals surface area contributed by atoms with Gasteiger partial charge in [0.2, 0.25) is 5.91 Å². The molecule has 15 heavy (non-hydrogen) atoms. The van der Waals surface area contributed by atoms with Gasteiger partial charge in [0, 0.05) is 12.5 Å². The van der Waals surface area contributed by atoms with E-state index in [-0.39, 0.29) is 24.3 Å². The van der Waals surface area contributed by atoms with Crippen LogP contribution in [0.4, 0.5) is 0 Å². The zero-order chi connectivity index (χ0) is 12.0. The van der Waals surface area contributed by atoms with E-state index in [0.717, 1.165) is 0 Å². The van der Waals surface area contributed by atoms with E-state index in [4.69, 9.17) is 10.8 Å². The second kappa shape index (κ2) is 6.40. The first kappa shape index (κ1) is 13.9. The molecule has 1 unspecified atom stereocenters. The molecule has 0 aliphatic rings. The van der Waals surface area contributed by atoms with Crippen molar-refractivity contribution in [3.8, 4) is 0 Å². The number of hydrogen-bond donors (Lipinski definition) is 3. The monoisotopic (exact) mass is 216 g/mol. The molecule has 0 rings (SSSR count). The summed E-state index contributed by atoms with van der Waals surface area (Å²) in [7, 11) is 0. The Morgan fingerprint density at radius 1 is 1.40 bits per heavy atom. The van der Waals surface area contributed by atoms with E-state index in [1.807, 2.05) is 6.92 Å². The number of carboxylic acid groups (broad SMARTS) is 1. The minimum absolute atomic E-state index is 0.0866. The van der Waals surface area contributed by atoms with Gasteiger partial charge in [-0.3, -0.25) is 4.79 Å². The largest absolute Gasteiger partial charge is 0.480 e. The highest BCUT2D eigenvalue weighted by Crippen LogP contribution is 2.08. The maximum Gasteiger partial charge on any atom is 0.326 e. The Bertz CT molecular complexity index is 231. The lowest BCUT2D eigenvalue weighted by molar-refractivity contribution is -0.143. The number of rotatable bonds is 6. The molecule has 0 bridgehead atoms. The molecule has 0 aliphatic heterocycles. The fourth-order valence-electron chi connectivity index (χ4n) is 1.09. The topological polar surface area (TPSA) is 92.4 Å². The number of amides is 1. The highest BCUT2D eigenvalue weighted by molar-refractivity contribution is 5.85. The van der Waals surface area contributed by atoms with Crippen LogP contribution in [-0.2, 0) is 9.59 Å². The molecule has 0 saturated carbocycles. The molecule has 88 valence electrons. The fraction of sp³-hybridized carbons (Fsp3) is 0.800. The lowest BCUT2D eigenvalue weighted by atomic mass is 9.98. The molecule has 0 radical (unpaired) electrons. The molecule has 4 N–H and O–H groups in total. The summed E-state index contributed by atoms with van der Waals surface area (Å²) in [6, 6.07) is -0.823. The molecule has 1 amide bonds. The predicted molar refractivity (Wildman–Crippen MR) is 57.2 cm³/mol. The number of carbonyl (C=O) groups is 2. The molecule has 3 atom stereocenters. The molecule has 5 heteroatoms. The van der Waals surface area contributed by atoms with Crippen molar-refractivity contribution in [1.29, 1.82) is 0 Å². The molecular weight excluding hydrogens is 196 g/mol. The number of nitrogens with two attached hydrogens (primary N) is 1.